The van der Waals surface area contributed by atoms with Crippen LogP contribution in [0.3, 0.4) is 0 Å². The molecule has 43 heavy (non-hydrogen) atoms. The minimum absolute atomic E-state index is 0.0816. The van der Waals surface area contributed by atoms with Crippen molar-refractivity contribution >= 4 is 27.4 Å². The second-order valence-corrected chi connectivity index (χ2v) is 10.5. The van der Waals surface area contributed by atoms with Crippen molar-refractivity contribution < 1.29 is 0 Å². The first-order valence-corrected chi connectivity index (χ1v) is 13.7. The number of fused-ring (bicyclic) bond motifs is 5. The molecule has 0 bridgehead atoms. The van der Waals surface area contributed by atoms with E-state index in [0.29, 0.717) is 46.0 Å². The maximum absolute atomic E-state index is 10.2. The van der Waals surface area contributed by atoms with Crippen molar-refractivity contribution in [3.63, 3.8) is 0 Å². The fraction of sp³-hybridized carbons (Fsp3) is 0.0571. The van der Waals surface area contributed by atoms with E-state index in [2.05, 4.69) is 33.5 Å². The molecule has 1 saturated heterocycles. The maximum Gasteiger partial charge on any atom is 0.161 e. The number of para-hydroxylation sites is 2. The summed E-state index contributed by atoms with van der Waals surface area (Å²) in [7, 11) is 0. The summed E-state index contributed by atoms with van der Waals surface area (Å²) in [4.78, 5) is 18.7. The van der Waals surface area contributed by atoms with Crippen LogP contribution < -0.4 is 5.32 Å². The molecule has 198 valence electrons. The summed E-state index contributed by atoms with van der Waals surface area (Å²) in [5.74, 6) is 0.876. The van der Waals surface area contributed by atoms with E-state index in [9.17, 15) is 15.8 Å². The second-order valence-electron chi connectivity index (χ2n) is 10.5. The lowest BCUT2D eigenvalue weighted by Crippen LogP contribution is -2.01. The van der Waals surface area contributed by atoms with E-state index in [1.54, 1.807) is 12.4 Å². The van der Waals surface area contributed by atoms with Crippen LogP contribution in [0.2, 0.25) is 0 Å². The number of aromatic nitrogens is 4. The third kappa shape index (κ3) is 3.85. The summed E-state index contributed by atoms with van der Waals surface area (Å²) in [5.41, 5.74) is 8.04. The molecule has 0 amide bonds. The summed E-state index contributed by atoms with van der Waals surface area (Å²) in [6.45, 7) is 0.694. The number of nitrogens with zero attached hydrogens (tertiary/aromatic N) is 7. The smallest absolute Gasteiger partial charge is 0.161 e. The van der Waals surface area contributed by atoms with E-state index in [-0.39, 0.29) is 6.04 Å². The van der Waals surface area contributed by atoms with Crippen LogP contribution in [-0.4, -0.2) is 32.5 Å². The number of nitriles is 3. The highest BCUT2D eigenvalue weighted by atomic mass is 15.1. The van der Waals surface area contributed by atoms with Gasteiger partial charge >= 0.3 is 0 Å². The maximum atomic E-state index is 10.2. The van der Waals surface area contributed by atoms with Gasteiger partial charge in [0.05, 0.1) is 52.0 Å². The van der Waals surface area contributed by atoms with Gasteiger partial charge in [0.15, 0.2) is 11.6 Å². The average Bonchev–Trinajstić information content (AvgIpc) is 3.86. The summed E-state index contributed by atoms with van der Waals surface area (Å²) >= 11 is 0. The predicted octanol–water partition coefficient (Wildman–Crippen LogP) is 5.93. The Labute approximate surface area is 245 Å². The lowest BCUT2D eigenvalue weighted by atomic mass is 9.93. The molecule has 0 saturated carbocycles. The molecule has 0 spiro atoms. The van der Waals surface area contributed by atoms with Gasteiger partial charge in [0.2, 0.25) is 0 Å². The summed E-state index contributed by atoms with van der Waals surface area (Å²) < 4.78 is 0. The van der Waals surface area contributed by atoms with Gasteiger partial charge in [0.25, 0.3) is 0 Å². The van der Waals surface area contributed by atoms with Crippen molar-refractivity contribution in [1.29, 1.82) is 15.8 Å². The molecule has 8 rings (SSSR count). The minimum atomic E-state index is -0.0816. The van der Waals surface area contributed by atoms with Gasteiger partial charge in [-0.1, -0.05) is 36.4 Å². The van der Waals surface area contributed by atoms with Gasteiger partial charge in [-0.05, 0) is 58.7 Å². The Balaban J connectivity index is 1.41. The molecule has 4 aromatic carbocycles. The SMILES string of the molecule is N#CC(=C1c2cc(C#N)c(-c3ncc4ccccc4n3)cc2-c2cc(-c3ncc4ccccc4n3)c(C#N)cc21)C1CN1. The largest absolute Gasteiger partial charge is 0.306 e. The minimum Gasteiger partial charge on any atom is -0.306 e. The zero-order valence-corrected chi connectivity index (χ0v) is 22.5. The quantitative estimate of drug-likeness (QED) is 0.211. The summed E-state index contributed by atoms with van der Waals surface area (Å²) in [6, 6.07) is 29.9. The zero-order valence-electron chi connectivity index (χ0n) is 22.5. The van der Waals surface area contributed by atoms with Gasteiger partial charge < -0.3 is 5.32 Å². The zero-order chi connectivity index (χ0) is 29.1. The molecule has 1 aliphatic heterocycles. The molecule has 1 fully saturated rings. The summed E-state index contributed by atoms with van der Waals surface area (Å²) in [6.07, 6.45) is 3.51. The Morgan fingerprint density at radius 1 is 0.651 bits per heavy atom. The molecule has 1 aliphatic carbocycles. The van der Waals surface area contributed by atoms with Crippen LogP contribution in [0.15, 0.2) is 90.8 Å². The molecule has 2 aromatic heterocycles. The first-order chi connectivity index (χ1) is 21.2. The standard InChI is InChI=1S/C35H18N8/c36-13-21-9-27-25(11-23(21)34-40-16-19-5-1-3-7-30(19)42-34)26-12-24(35-41-17-20-6-2-4-8-31(20)43-35)22(14-37)10-28(26)33(27)29(15-38)32-18-39-32/h1-12,16-17,32,39H,18H2. The Morgan fingerprint density at radius 2 is 1.14 bits per heavy atom. The molecule has 1 atom stereocenters. The molecule has 6 aromatic rings. The highest BCUT2D eigenvalue weighted by molar-refractivity contribution is 6.06. The van der Waals surface area contributed by atoms with Crippen LogP contribution in [-0.2, 0) is 0 Å². The molecule has 3 heterocycles. The van der Waals surface area contributed by atoms with Gasteiger partial charge in [-0.3, -0.25) is 0 Å². The lowest BCUT2D eigenvalue weighted by Gasteiger charge is -2.10. The molecule has 8 heteroatoms. The van der Waals surface area contributed by atoms with Crippen LogP contribution in [0.25, 0.3) is 61.3 Å². The van der Waals surface area contributed by atoms with Crippen molar-refractivity contribution in [2.45, 2.75) is 6.04 Å². The van der Waals surface area contributed by atoms with Crippen LogP contribution in [0.4, 0.5) is 0 Å². The third-order valence-electron chi connectivity index (χ3n) is 7.99. The number of nitrogens with one attached hydrogen (secondary N) is 1. The normalized spacial score (nSPS) is 14.4. The number of benzene rings is 4. The number of hydrogen-bond donors (Lipinski definition) is 1. The van der Waals surface area contributed by atoms with E-state index in [4.69, 9.17) is 9.97 Å². The fourth-order valence-electron chi connectivity index (χ4n) is 5.82. The third-order valence-corrected chi connectivity index (χ3v) is 7.99. The van der Waals surface area contributed by atoms with Crippen molar-refractivity contribution in [2.24, 2.45) is 0 Å². The van der Waals surface area contributed by atoms with Crippen LogP contribution in [0.5, 0.6) is 0 Å². The molecule has 1 unspecified atom stereocenters. The van der Waals surface area contributed by atoms with Gasteiger partial charge in [-0.15, -0.1) is 0 Å². The first kappa shape index (κ1) is 24.5. The van der Waals surface area contributed by atoms with Gasteiger partial charge in [0.1, 0.15) is 0 Å². The van der Waals surface area contributed by atoms with Gasteiger partial charge in [-0.25, -0.2) is 19.9 Å². The van der Waals surface area contributed by atoms with Crippen molar-refractivity contribution in [3.8, 4) is 52.1 Å². The topological polar surface area (TPSA) is 145 Å². The van der Waals surface area contributed by atoms with E-state index < -0.39 is 0 Å². The van der Waals surface area contributed by atoms with E-state index >= 15 is 0 Å². The van der Waals surface area contributed by atoms with Crippen LogP contribution in [0, 0.1) is 34.0 Å². The highest BCUT2D eigenvalue weighted by Gasteiger charge is 2.35. The van der Waals surface area contributed by atoms with Crippen LogP contribution >= 0.6 is 0 Å². The Kier molecular flexibility index (Phi) is 5.36. The predicted molar refractivity (Wildman–Crippen MR) is 162 cm³/mol. The first-order valence-electron chi connectivity index (χ1n) is 13.7. The fourth-order valence-corrected chi connectivity index (χ4v) is 5.82. The molecular weight excluding hydrogens is 532 g/mol. The summed E-state index contributed by atoms with van der Waals surface area (Å²) in [5, 5.41) is 35.8. The highest BCUT2D eigenvalue weighted by Crippen LogP contribution is 2.50. The van der Waals surface area contributed by atoms with E-state index in [0.717, 1.165) is 49.6 Å². The van der Waals surface area contributed by atoms with Gasteiger partial charge in [0, 0.05) is 46.4 Å². The van der Waals surface area contributed by atoms with E-state index in [1.807, 2.05) is 72.8 Å². The molecule has 1 N–H and O–H groups in total. The second kappa shape index (κ2) is 9.39. The molecule has 8 nitrogen and oxygen atoms in total. The molecule has 2 aliphatic rings. The monoisotopic (exact) mass is 550 g/mol. The number of hydrogen-bond acceptors (Lipinski definition) is 8. The Morgan fingerprint density at radius 3 is 1.58 bits per heavy atom. The van der Waals surface area contributed by atoms with E-state index in [1.165, 1.54) is 0 Å². The van der Waals surface area contributed by atoms with Crippen molar-refractivity contribution in [2.75, 3.05) is 6.54 Å². The van der Waals surface area contributed by atoms with Gasteiger partial charge in [-0.2, -0.15) is 15.8 Å². The van der Waals surface area contributed by atoms with Crippen molar-refractivity contribution in [3.05, 3.63) is 113 Å². The van der Waals surface area contributed by atoms with Crippen molar-refractivity contribution in [1.82, 2.24) is 25.3 Å². The molecular formula is C35H18N8. The lowest BCUT2D eigenvalue weighted by molar-refractivity contribution is 1.15. The Bertz CT molecular complexity index is 2200. The molecule has 0 radical (unpaired) electrons. The Hall–Kier alpha value is -6.27. The average molecular weight is 551 g/mol. The number of rotatable bonds is 3. The van der Waals surface area contributed by atoms with Crippen LogP contribution in [0.1, 0.15) is 22.3 Å².